The second-order valence-corrected chi connectivity index (χ2v) is 10.8. The number of aromatic nitrogens is 2. The summed E-state index contributed by atoms with van der Waals surface area (Å²) in [5.41, 5.74) is -3.16. The highest BCUT2D eigenvalue weighted by Crippen LogP contribution is 2.49. The number of esters is 1. The number of H-pyrrole nitrogens is 1. The molecule has 0 spiro atoms. The Balaban J connectivity index is 1.84. The minimum Gasteiger partial charge on any atom is -0.462 e. The van der Waals surface area contributed by atoms with Crippen LogP contribution in [0.4, 0.5) is 4.39 Å². The number of nitrogens with one attached hydrogen (secondary N) is 2. The van der Waals surface area contributed by atoms with Crippen molar-refractivity contribution in [3.8, 4) is 5.75 Å². The molecule has 6 atom stereocenters. The molecular weight excluding hydrogens is 512 g/mol. The van der Waals surface area contributed by atoms with Crippen LogP contribution in [0, 0.1) is 5.41 Å². The molecule has 3 rings (SSSR count). The van der Waals surface area contributed by atoms with Gasteiger partial charge in [-0.1, -0.05) is 25.1 Å². The van der Waals surface area contributed by atoms with Gasteiger partial charge in [-0.15, -0.1) is 0 Å². The topological polar surface area (TPSA) is 158 Å². The number of aromatic amines is 1. The summed E-state index contributed by atoms with van der Waals surface area (Å²) in [5, 5.41) is 12.5. The second kappa shape index (κ2) is 11.7. The average Bonchev–Trinajstić information content (AvgIpc) is 3.08. The third kappa shape index (κ3) is 6.74. The Labute approximate surface area is 212 Å². The zero-order chi connectivity index (χ0) is 27.4. The molecule has 0 radical (unpaired) electrons. The largest absolute Gasteiger partial charge is 0.462 e. The molecule has 1 fully saturated rings. The van der Waals surface area contributed by atoms with Crippen LogP contribution in [0.5, 0.6) is 5.75 Å². The summed E-state index contributed by atoms with van der Waals surface area (Å²) in [7, 11) is -4.29. The predicted octanol–water partition coefficient (Wildman–Crippen LogP) is 1.90. The fourth-order valence-electron chi connectivity index (χ4n) is 3.65. The first-order valence-electron chi connectivity index (χ1n) is 11.6. The molecule has 2 aromatic rings. The number of rotatable bonds is 11. The van der Waals surface area contributed by atoms with Crippen LogP contribution in [-0.4, -0.2) is 58.3 Å². The van der Waals surface area contributed by atoms with Crippen molar-refractivity contribution < 1.29 is 37.4 Å². The molecule has 1 saturated heterocycles. The molecule has 14 heteroatoms. The Morgan fingerprint density at radius 1 is 1.27 bits per heavy atom. The minimum atomic E-state index is -4.29. The minimum absolute atomic E-state index is 0.168. The number of aliphatic hydroxyl groups excluding tert-OH is 1. The summed E-state index contributed by atoms with van der Waals surface area (Å²) in [4.78, 5) is 37.9. The lowest BCUT2D eigenvalue weighted by atomic mass is 9.82. The smallest absolute Gasteiger partial charge is 0.459 e. The fourth-order valence-corrected chi connectivity index (χ4v) is 5.14. The van der Waals surface area contributed by atoms with Crippen LogP contribution in [0.2, 0.25) is 0 Å². The molecule has 1 aromatic heterocycles. The molecule has 3 N–H and O–H groups in total. The summed E-state index contributed by atoms with van der Waals surface area (Å²) in [6, 6.07) is 7.96. The van der Waals surface area contributed by atoms with Crippen molar-refractivity contribution >= 4 is 13.7 Å². The van der Waals surface area contributed by atoms with Gasteiger partial charge in [-0.25, -0.2) is 13.8 Å². The third-order valence-electron chi connectivity index (χ3n) is 5.81. The fraction of sp³-hybridized carbons (Fsp3) is 0.522. The van der Waals surface area contributed by atoms with Crippen LogP contribution >= 0.6 is 7.75 Å². The van der Waals surface area contributed by atoms with Gasteiger partial charge in [0.05, 0.1) is 30.8 Å². The number of ether oxygens (including phenoxy) is 2. The number of alkyl halides is 1. The van der Waals surface area contributed by atoms with Crippen molar-refractivity contribution in [3.63, 3.8) is 0 Å². The van der Waals surface area contributed by atoms with Crippen LogP contribution in [0.3, 0.4) is 0 Å². The van der Waals surface area contributed by atoms with Crippen LogP contribution in [-0.2, 0) is 23.4 Å². The first kappa shape index (κ1) is 28.7. The van der Waals surface area contributed by atoms with Crippen molar-refractivity contribution in [2.45, 2.75) is 58.3 Å². The number of hydrogen-bond donors (Lipinski definition) is 3. The summed E-state index contributed by atoms with van der Waals surface area (Å²) < 4.78 is 52.0. The maximum absolute atomic E-state index is 15.5. The Morgan fingerprint density at radius 2 is 1.95 bits per heavy atom. The van der Waals surface area contributed by atoms with Gasteiger partial charge in [0, 0.05) is 12.3 Å². The number of nitrogens with zero attached hydrogens (tertiary/aromatic N) is 1. The van der Waals surface area contributed by atoms with E-state index < -0.39 is 74.2 Å². The maximum Gasteiger partial charge on any atom is 0.459 e. The number of para-hydroxylation sites is 1. The first-order valence-corrected chi connectivity index (χ1v) is 13.1. The van der Waals surface area contributed by atoms with Crippen molar-refractivity contribution in [2.75, 3.05) is 13.2 Å². The van der Waals surface area contributed by atoms with Gasteiger partial charge in [-0.05, 0) is 32.9 Å². The molecule has 0 bridgehead atoms. The Morgan fingerprint density at radius 3 is 2.54 bits per heavy atom. The first-order chi connectivity index (χ1) is 17.4. The molecular formula is C23H31FN3O9P. The average molecular weight is 543 g/mol. The Kier molecular flexibility index (Phi) is 9.09. The van der Waals surface area contributed by atoms with Gasteiger partial charge < -0.3 is 19.1 Å². The molecule has 1 aliphatic heterocycles. The number of carbonyl (C=O) groups is 1. The summed E-state index contributed by atoms with van der Waals surface area (Å²) in [6.45, 7) is 4.86. The molecule has 204 valence electrons. The van der Waals surface area contributed by atoms with Gasteiger partial charge in [0.2, 0.25) is 0 Å². The van der Waals surface area contributed by atoms with E-state index in [1.54, 1.807) is 32.0 Å². The van der Waals surface area contributed by atoms with E-state index >= 15 is 4.39 Å². The van der Waals surface area contributed by atoms with Crippen molar-refractivity contribution in [2.24, 2.45) is 5.41 Å². The molecule has 1 aliphatic rings. The maximum atomic E-state index is 15.5. The second-order valence-electron chi connectivity index (χ2n) is 9.13. The molecule has 0 amide bonds. The van der Waals surface area contributed by atoms with E-state index in [0.717, 1.165) is 16.8 Å². The highest BCUT2D eigenvalue weighted by Gasteiger charge is 2.55. The molecule has 0 aliphatic carbocycles. The third-order valence-corrected chi connectivity index (χ3v) is 7.45. The van der Waals surface area contributed by atoms with E-state index in [0.29, 0.717) is 0 Å². The van der Waals surface area contributed by atoms with Crippen LogP contribution in [0.25, 0.3) is 0 Å². The lowest BCUT2D eigenvalue weighted by Crippen LogP contribution is -2.42. The van der Waals surface area contributed by atoms with Crippen molar-refractivity contribution in [1.29, 1.82) is 0 Å². The summed E-state index contributed by atoms with van der Waals surface area (Å²) in [5.74, 6) is -0.532. The van der Waals surface area contributed by atoms with Gasteiger partial charge in [-0.2, -0.15) is 5.09 Å². The number of aliphatic hydroxyl groups is 1. The van der Waals surface area contributed by atoms with Crippen LogP contribution < -0.4 is 20.9 Å². The molecule has 37 heavy (non-hydrogen) atoms. The number of benzene rings is 1. The van der Waals surface area contributed by atoms with Crippen LogP contribution in [0.1, 0.15) is 33.9 Å². The molecule has 12 nitrogen and oxygen atoms in total. The zero-order valence-corrected chi connectivity index (χ0v) is 21.7. The number of hydrogen-bond acceptors (Lipinski definition) is 9. The van der Waals surface area contributed by atoms with Gasteiger partial charge in [0.1, 0.15) is 11.8 Å². The monoisotopic (exact) mass is 543 g/mol. The molecule has 1 aromatic carbocycles. The van der Waals surface area contributed by atoms with E-state index in [9.17, 15) is 24.1 Å². The van der Waals surface area contributed by atoms with E-state index in [4.69, 9.17) is 18.5 Å². The van der Waals surface area contributed by atoms with Crippen molar-refractivity contribution in [3.05, 3.63) is 63.4 Å². The Hall–Kier alpha value is -2.83. The molecule has 1 unspecified atom stereocenters. The molecule has 0 saturated carbocycles. The zero-order valence-electron chi connectivity index (χ0n) is 20.8. The quantitative estimate of drug-likeness (QED) is 0.282. The highest BCUT2D eigenvalue weighted by atomic mass is 31.2. The SMILES string of the molecule is CC(C)OC(=O)[C@H](C)NP(=O)(OC[C@H]1O[C@@H](n2ccc(=O)[nH]c2=O)[C@@H](F)[C@]1(C)CO)Oc1ccccc1. The lowest BCUT2D eigenvalue weighted by molar-refractivity contribution is -0.149. The van der Waals surface area contributed by atoms with E-state index in [1.165, 1.54) is 26.0 Å². The van der Waals surface area contributed by atoms with Crippen LogP contribution in [0.15, 0.2) is 52.2 Å². The van der Waals surface area contributed by atoms with E-state index in [1.807, 2.05) is 4.98 Å². The lowest BCUT2D eigenvalue weighted by Gasteiger charge is -2.30. The van der Waals surface area contributed by atoms with Crippen molar-refractivity contribution in [1.82, 2.24) is 14.6 Å². The number of halogens is 1. The molecule has 2 heterocycles. The van der Waals surface area contributed by atoms with Gasteiger partial charge in [-0.3, -0.25) is 23.7 Å². The van der Waals surface area contributed by atoms with E-state index in [2.05, 4.69) is 5.09 Å². The predicted molar refractivity (Wildman–Crippen MR) is 130 cm³/mol. The Bertz CT molecular complexity index is 1240. The summed E-state index contributed by atoms with van der Waals surface area (Å²) in [6.07, 6.45) is -3.95. The number of carbonyl (C=O) groups excluding carboxylic acids is 1. The van der Waals surface area contributed by atoms with Gasteiger partial charge in [0.15, 0.2) is 12.4 Å². The highest BCUT2D eigenvalue weighted by molar-refractivity contribution is 7.52. The standard InChI is InChI=1S/C23H31FN3O9P/c1-14(2)34-21(30)15(3)26-37(32,36-16-8-6-5-7-9-16)33-12-17-23(4,13-28)19(24)20(35-17)27-11-10-18(29)25-22(27)31/h5-11,14-15,17,19-20,28H,12-13H2,1-4H3,(H,26,32)(H,25,29,31)/t15-,17+,19+,20+,23+,37?/m0/s1. The van der Waals surface area contributed by atoms with Gasteiger partial charge >= 0.3 is 19.4 Å². The van der Waals surface area contributed by atoms with E-state index in [-0.39, 0.29) is 5.75 Å². The van der Waals surface area contributed by atoms with Gasteiger partial charge in [0.25, 0.3) is 5.56 Å². The summed E-state index contributed by atoms with van der Waals surface area (Å²) >= 11 is 0. The normalized spacial score (nSPS) is 26.0.